The highest BCUT2D eigenvalue weighted by Crippen LogP contribution is 2.10. The second kappa shape index (κ2) is 7.59. The molecule has 0 aliphatic heterocycles. The Morgan fingerprint density at radius 3 is 2.42 bits per heavy atom. The first kappa shape index (κ1) is 17.5. The van der Waals surface area contributed by atoms with E-state index in [4.69, 9.17) is 5.11 Å². The van der Waals surface area contributed by atoms with E-state index in [1.165, 1.54) is 22.8 Å². The fraction of sp³-hybridized carbons (Fsp3) is 0.278. The van der Waals surface area contributed by atoms with Gasteiger partial charge in [0.15, 0.2) is 0 Å². The van der Waals surface area contributed by atoms with Crippen LogP contribution >= 0.6 is 0 Å². The molecule has 0 spiro atoms. The summed E-state index contributed by atoms with van der Waals surface area (Å²) in [4.78, 5) is 35.3. The lowest BCUT2D eigenvalue weighted by molar-refractivity contribution is -0.124. The minimum absolute atomic E-state index is 0.197. The van der Waals surface area contributed by atoms with Gasteiger partial charge in [-0.15, -0.1) is 0 Å². The quantitative estimate of drug-likeness (QED) is 0.850. The zero-order chi connectivity index (χ0) is 17.7. The van der Waals surface area contributed by atoms with E-state index in [1.54, 1.807) is 24.4 Å². The molecule has 0 fully saturated rings. The van der Waals surface area contributed by atoms with Gasteiger partial charge >= 0.3 is 5.97 Å². The molecule has 0 aliphatic carbocycles. The molecule has 0 radical (unpaired) electrons. The Morgan fingerprint density at radius 1 is 1.21 bits per heavy atom. The molecule has 0 bridgehead atoms. The summed E-state index contributed by atoms with van der Waals surface area (Å²) in [6, 6.07) is 9.02. The minimum atomic E-state index is -0.990. The second-order valence-electron chi connectivity index (χ2n) is 5.59. The fourth-order valence-electron chi connectivity index (χ4n) is 2.43. The first-order valence-corrected chi connectivity index (χ1v) is 7.71. The van der Waals surface area contributed by atoms with Gasteiger partial charge < -0.3 is 15.0 Å². The molecule has 1 amide bonds. The molecular weight excluding hydrogens is 308 g/mol. The maximum atomic E-state index is 12.4. The van der Waals surface area contributed by atoms with Crippen molar-refractivity contribution in [1.82, 2.24) is 9.88 Å². The van der Waals surface area contributed by atoms with Crippen LogP contribution in [0.2, 0.25) is 0 Å². The number of aromatic nitrogens is 1. The number of carbonyl (C=O) groups excluding carboxylic acids is 1. The van der Waals surface area contributed by atoms with E-state index in [2.05, 4.69) is 5.32 Å². The number of nitrogens with one attached hydrogen (secondary N) is 1. The summed E-state index contributed by atoms with van der Waals surface area (Å²) in [5, 5.41) is 11.7. The number of carbonyl (C=O) groups is 2. The van der Waals surface area contributed by atoms with Crippen LogP contribution in [-0.4, -0.2) is 21.6 Å². The van der Waals surface area contributed by atoms with Crippen LogP contribution in [0.4, 0.5) is 0 Å². The van der Waals surface area contributed by atoms with E-state index in [1.807, 2.05) is 13.8 Å². The van der Waals surface area contributed by atoms with Crippen LogP contribution in [0.3, 0.4) is 0 Å². The van der Waals surface area contributed by atoms with Crippen molar-refractivity contribution in [3.63, 3.8) is 0 Å². The molecule has 6 heteroatoms. The predicted molar refractivity (Wildman–Crippen MR) is 90.0 cm³/mol. The zero-order valence-corrected chi connectivity index (χ0v) is 13.7. The summed E-state index contributed by atoms with van der Waals surface area (Å²) < 4.78 is 1.43. The van der Waals surface area contributed by atoms with Crippen molar-refractivity contribution in [3.8, 4) is 0 Å². The molecule has 2 N–H and O–H groups in total. The van der Waals surface area contributed by atoms with E-state index < -0.39 is 12.0 Å². The molecule has 2 aromatic rings. The number of pyridine rings is 1. The highest BCUT2D eigenvalue weighted by molar-refractivity contribution is 5.87. The number of hydrogen-bond donors (Lipinski definition) is 2. The third-order valence-corrected chi connectivity index (χ3v) is 3.80. The number of hydrogen-bond acceptors (Lipinski definition) is 3. The summed E-state index contributed by atoms with van der Waals surface area (Å²) in [6.45, 7) is 3.95. The van der Waals surface area contributed by atoms with Crippen LogP contribution in [0.5, 0.6) is 0 Å². The lowest BCUT2D eigenvalue weighted by Crippen LogP contribution is -2.36. The maximum absolute atomic E-state index is 12.4. The minimum Gasteiger partial charge on any atom is -0.478 e. The molecule has 0 saturated carbocycles. The topological polar surface area (TPSA) is 88.4 Å². The summed E-state index contributed by atoms with van der Waals surface area (Å²) in [5.74, 6) is -1.24. The number of carboxylic acids is 1. The van der Waals surface area contributed by atoms with Crippen LogP contribution in [0.15, 0.2) is 47.4 Å². The average Bonchev–Trinajstić information content (AvgIpc) is 2.55. The predicted octanol–water partition coefficient (Wildman–Crippen LogP) is 2.12. The van der Waals surface area contributed by atoms with E-state index in [-0.39, 0.29) is 23.6 Å². The van der Waals surface area contributed by atoms with Crippen LogP contribution in [0, 0.1) is 6.92 Å². The standard InChI is InChI=1S/C18H20N2O4/c1-3-15(20-9-8-12(2)10-16(20)21)17(22)19-11-13-4-6-14(7-5-13)18(23)24/h4-10,15H,3,11H2,1-2H3,(H,19,22)(H,23,24). The Labute approximate surface area is 139 Å². The molecule has 0 aliphatic rings. The Bertz CT molecular complexity index is 793. The number of carboxylic acid groups (broad SMARTS) is 1. The largest absolute Gasteiger partial charge is 0.478 e. The second-order valence-corrected chi connectivity index (χ2v) is 5.59. The van der Waals surface area contributed by atoms with E-state index in [0.29, 0.717) is 6.42 Å². The third kappa shape index (κ3) is 4.10. The molecule has 0 saturated heterocycles. The Hall–Kier alpha value is -2.89. The van der Waals surface area contributed by atoms with Crippen LogP contribution in [-0.2, 0) is 11.3 Å². The van der Waals surface area contributed by atoms with Gasteiger partial charge in [0.1, 0.15) is 6.04 Å². The molecule has 1 heterocycles. The van der Waals surface area contributed by atoms with E-state index in [9.17, 15) is 14.4 Å². The van der Waals surface area contributed by atoms with Crippen molar-refractivity contribution in [2.75, 3.05) is 0 Å². The van der Waals surface area contributed by atoms with Gasteiger partial charge in [0.25, 0.3) is 5.56 Å². The van der Waals surface area contributed by atoms with Gasteiger partial charge in [-0.1, -0.05) is 19.1 Å². The molecule has 1 atom stereocenters. The number of aromatic carboxylic acids is 1. The van der Waals surface area contributed by atoms with E-state index >= 15 is 0 Å². The van der Waals surface area contributed by atoms with Crippen LogP contribution in [0.25, 0.3) is 0 Å². The Morgan fingerprint density at radius 2 is 1.88 bits per heavy atom. The lowest BCUT2D eigenvalue weighted by atomic mass is 10.1. The van der Waals surface area contributed by atoms with Gasteiger partial charge in [-0.25, -0.2) is 4.79 Å². The first-order chi connectivity index (χ1) is 11.4. The number of benzene rings is 1. The number of nitrogens with zero attached hydrogens (tertiary/aromatic N) is 1. The maximum Gasteiger partial charge on any atom is 0.335 e. The molecule has 126 valence electrons. The van der Waals surface area contributed by atoms with Crippen LogP contribution in [0.1, 0.15) is 40.9 Å². The van der Waals surface area contributed by atoms with E-state index in [0.717, 1.165) is 11.1 Å². The molecule has 24 heavy (non-hydrogen) atoms. The summed E-state index contributed by atoms with van der Waals surface area (Å²) in [6.07, 6.45) is 2.12. The van der Waals surface area contributed by atoms with Crippen molar-refractivity contribution < 1.29 is 14.7 Å². The molecule has 1 aromatic carbocycles. The number of amides is 1. The highest BCUT2D eigenvalue weighted by Gasteiger charge is 2.19. The van der Waals surface area contributed by atoms with Crippen molar-refractivity contribution >= 4 is 11.9 Å². The highest BCUT2D eigenvalue weighted by atomic mass is 16.4. The smallest absolute Gasteiger partial charge is 0.335 e. The molecule has 1 unspecified atom stereocenters. The molecule has 1 aromatic heterocycles. The Kier molecular flexibility index (Phi) is 5.52. The van der Waals surface area contributed by atoms with Gasteiger partial charge in [0.05, 0.1) is 5.56 Å². The zero-order valence-electron chi connectivity index (χ0n) is 13.7. The van der Waals surface area contributed by atoms with Crippen molar-refractivity contribution in [2.24, 2.45) is 0 Å². The van der Waals surface area contributed by atoms with Gasteiger partial charge in [0, 0.05) is 18.8 Å². The monoisotopic (exact) mass is 328 g/mol. The first-order valence-electron chi connectivity index (χ1n) is 7.71. The summed E-state index contributed by atoms with van der Waals surface area (Å²) >= 11 is 0. The average molecular weight is 328 g/mol. The van der Waals surface area contributed by atoms with Crippen LogP contribution < -0.4 is 10.9 Å². The fourth-order valence-corrected chi connectivity index (χ4v) is 2.43. The SMILES string of the molecule is CCC(C(=O)NCc1ccc(C(=O)O)cc1)n1ccc(C)cc1=O. The third-order valence-electron chi connectivity index (χ3n) is 3.80. The van der Waals surface area contributed by atoms with Crippen molar-refractivity contribution in [3.05, 3.63) is 69.6 Å². The molecular formula is C18H20N2O4. The number of aryl methyl sites for hydroxylation is 1. The number of rotatable bonds is 6. The van der Waals surface area contributed by atoms with Crippen molar-refractivity contribution in [2.45, 2.75) is 32.9 Å². The van der Waals surface area contributed by atoms with Gasteiger partial charge in [-0.05, 0) is 42.7 Å². The van der Waals surface area contributed by atoms with Crippen molar-refractivity contribution in [1.29, 1.82) is 0 Å². The van der Waals surface area contributed by atoms with Gasteiger partial charge in [0.2, 0.25) is 5.91 Å². The molecule has 6 nitrogen and oxygen atoms in total. The summed E-state index contributed by atoms with van der Waals surface area (Å²) in [7, 11) is 0. The Balaban J connectivity index is 2.06. The van der Waals surface area contributed by atoms with Gasteiger partial charge in [-0.2, -0.15) is 0 Å². The summed E-state index contributed by atoms with van der Waals surface area (Å²) in [5.41, 5.74) is 1.63. The lowest BCUT2D eigenvalue weighted by Gasteiger charge is -2.18. The normalized spacial score (nSPS) is 11.8. The molecule has 2 rings (SSSR count). The van der Waals surface area contributed by atoms with Gasteiger partial charge in [-0.3, -0.25) is 9.59 Å².